The molecule has 2 nitrogen and oxygen atoms in total. The van der Waals surface area contributed by atoms with Crippen LogP contribution in [0.4, 0.5) is 4.39 Å². The fraction of sp³-hybridized carbons (Fsp3) is 1.00. The van der Waals surface area contributed by atoms with Crippen LogP contribution in [0, 0.1) is 0 Å². The van der Waals surface area contributed by atoms with Crippen LogP contribution in [0.15, 0.2) is 0 Å². The standard InChI is InChI=1S/C5H8BFO2S/c7-4-1-3(2-8)9-5(4)6-10/h3-5,8H,1-2H2/t3-,4-,5+/m0/s1. The first-order valence-corrected chi connectivity index (χ1v) is 3.60. The summed E-state index contributed by atoms with van der Waals surface area (Å²) in [5, 5.41) is 8.56. The molecule has 0 aromatic rings. The molecule has 1 rings (SSSR count). The van der Waals surface area contributed by atoms with Crippen LogP contribution < -0.4 is 0 Å². The number of alkyl halides is 1. The predicted molar refractivity (Wildman–Crippen MR) is 38.6 cm³/mol. The molecule has 1 saturated heterocycles. The Bertz CT molecular complexity index is 135. The van der Waals surface area contributed by atoms with E-state index in [0.29, 0.717) is 0 Å². The van der Waals surface area contributed by atoms with Crippen LogP contribution in [0.5, 0.6) is 0 Å². The van der Waals surface area contributed by atoms with Crippen molar-refractivity contribution in [3.05, 3.63) is 0 Å². The number of hydrogen-bond acceptors (Lipinski definition) is 3. The summed E-state index contributed by atoms with van der Waals surface area (Å²) in [4.78, 5) is 0. The van der Waals surface area contributed by atoms with Crippen molar-refractivity contribution in [2.24, 2.45) is 0 Å². The number of rotatable bonds is 2. The molecule has 1 aliphatic rings. The van der Waals surface area contributed by atoms with Crippen LogP contribution in [0.3, 0.4) is 0 Å². The van der Waals surface area contributed by atoms with E-state index in [0.717, 1.165) is 0 Å². The zero-order valence-corrected chi connectivity index (χ0v) is 6.18. The van der Waals surface area contributed by atoms with Gasteiger partial charge in [0.15, 0.2) is 0 Å². The van der Waals surface area contributed by atoms with E-state index in [9.17, 15) is 4.39 Å². The van der Waals surface area contributed by atoms with E-state index in [2.05, 4.69) is 12.1 Å². The van der Waals surface area contributed by atoms with Crippen molar-refractivity contribution in [1.29, 1.82) is 0 Å². The fourth-order valence-corrected chi connectivity index (χ4v) is 1.22. The second-order valence-corrected chi connectivity index (χ2v) is 2.57. The average molecular weight is 162 g/mol. The van der Waals surface area contributed by atoms with Gasteiger partial charge in [-0.1, -0.05) is 0 Å². The van der Waals surface area contributed by atoms with E-state index in [4.69, 9.17) is 9.84 Å². The Hall–Kier alpha value is 0.135. The van der Waals surface area contributed by atoms with Crippen LogP contribution in [0.1, 0.15) is 6.42 Å². The molecule has 1 aliphatic heterocycles. The van der Waals surface area contributed by atoms with E-state index in [-0.39, 0.29) is 19.1 Å². The number of aliphatic hydroxyl groups is 1. The van der Waals surface area contributed by atoms with Crippen molar-refractivity contribution in [3.8, 4) is 0 Å². The zero-order valence-electron chi connectivity index (χ0n) is 5.37. The number of ether oxygens (including phenoxy) is 1. The van der Waals surface area contributed by atoms with Crippen LogP contribution in [0.2, 0.25) is 0 Å². The molecule has 5 heteroatoms. The topological polar surface area (TPSA) is 29.5 Å². The monoisotopic (exact) mass is 162 g/mol. The van der Waals surface area contributed by atoms with Gasteiger partial charge in [0.1, 0.15) is 0 Å². The molecule has 0 saturated carbocycles. The first kappa shape index (κ1) is 8.23. The Labute approximate surface area is 64.5 Å². The molecule has 0 amide bonds. The van der Waals surface area contributed by atoms with Crippen molar-refractivity contribution < 1.29 is 14.2 Å². The van der Waals surface area contributed by atoms with Gasteiger partial charge < -0.3 is 0 Å². The Kier molecular flexibility index (Phi) is 2.89. The molecule has 0 aromatic carbocycles. The van der Waals surface area contributed by atoms with Gasteiger partial charge in [0.05, 0.1) is 0 Å². The molecule has 3 atom stereocenters. The normalized spacial score (nSPS) is 39.6. The van der Waals surface area contributed by atoms with E-state index >= 15 is 0 Å². The van der Waals surface area contributed by atoms with Gasteiger partial charge in [-0.3, -0.25) is 0 Å². The number of hydrogen-bond donors (Lipinski definition) is 1. The molecule has 0 spiro atoms. The van der Waals surface area contributed by atoms with Gasteiger partial charge in [-0.15, -0.1) is 0 Å². The van der Waals surface area contributed by atoms with Crippen molar-refractivity contribution >= 4 is 18.2 Å². The van der Waals surface area contributed by atoms with Gasteiger partial charge in [0, 0.05) is 0 Å². The Morgan fingerprint density at radius 2 is 2.50 bits per heavy atom. The van der Waals surface area contributed by atoms with Crippen molar-refractivity contribution in [2.45, 2.75) is 24.7 Å². The molecule has 0 aliphatic carbocycles. The molecule has 0 unspecified atom stereocenters. The van der Waals surface area contributed by atoms with E-state index in [1.807, 2.05) is 0 Å². The third-order valence-corrected chi connectivity index (χ3v) is 1.80. The summed E-state index contributed by atoms with van der Waals surface area (Å²) in [6, 6.07) is -0.591. The van der Waals surface area contributed by atoms with Gasteiger partial charge in [-0.05, 0) is 0 Å². The Morgan fingerprint density at radius 3 is 2.80 bits per heavy atom. The third-order valence-electron chi connectivity index (χ3n) is 1.53. The quantitative estimate of drug-likeness (QED) is 0.590. The van der Waals surface area contributed by atoms with Crippen LogP contribution in [0.25, 0.3) is 0 Å². The summed E-state index contributed by atoms with van der Waals surface area (Å²) in [5.41, 5.74) is 0. The third kappa shape index (κ3) is 1.59. The first-order valence-electron chi connectivity index (χ1n) is 3.13. The van der Waals surface area contributed by atoms with Crippen LogP contribution >= 0.6 is 12.1 Å². The van der Waals surface area contributed by atoms with Gasteiger partial charge >= 0.3 is 63.8 Å². The van der Waals surface area contributed by atoms with Gasteiger partial charge in [-0.2, -0.15) is 0 Å². The maximum absolute atomic E-state index is 12.7. The molecule has 1 heterocycles. The molecule has 1 fully saturated rings. The summed E-state index contributed by atoms with van der Waals surface area (Å²) in [6.07, 6.45) is 0.128. The first-order chi connectivity index (χ1) is 4.77. The van der Waals surface area contributed by atoms with Crippen LogP contribution in [-0.4, -0.2) is 36.1 Å². The number of aliphatic hydroxyl groups excluding tert-OH is 1. The number of halogens is 1. The van der Waals surface area contributed by atoms with Crippen molar-refractivity contribution in [3.63, 3.8) is 0 Å². The summed E-state index contributed by atoms with van der Waals surface area (Å²) < 4.78 is 17.7. The SMILES string of the molecule is OC[C@@H]1C[C@H](F)[C@H](B=S)O1. The summed E-state index contributed by atoms with van der Waals surface area (Å²) in [5.74, 6) is 0. The van der Waals surface area contributed by atoms with Gasteiger partial charge in [-0.25, -0.2) is 0 Å². The average Bonchev–Trinajstić information content (AvgIpc) is 2.30. The van der Waals surface area contributed by atoms with Gasteiger partial charge in [0.25, 0.3) is 0 Å². The molecule has 1 N–H and O–H groups in total. The minimum absolute atomic E-state index is 0.125. The predicted octanol–water partition coefficient (Wildman–Crippen LogP) is 0.249. The van der Waals surface area contributed by atoms with Crippen molar-refractivity contribution in [1.82, 2.24) is 0 Å². The van der Waals surface area contributed by atoms with E-state index in [1.54, 1.807) is 0 Å². The zero-order chi connectivity index (χ0) is 7.56. The molecule has 0 aromatic heterocycles. The maximum atomic E-state index is 12.7. The fourth-order valence-electron chi connectivity index (χ4n) is 0.983. The Balaban J connectivity index is 2.43. The van der Waals surface area contributed by atoms with E-state index < -0.39 is 12.2 Å². The molecular formula is C5H8BFO2S. The molecule has 0 bridgehead atoms. The minimum atomic E-state index is -1.03. The Morgan fingerprint density at radius 1 is 1.80 bits per heavy atom. The second kappa shape index (κ2) is 3.50. The van der Waals surface area contributed by atoms with Crippen molar-refractivity contribution in [2.75, 3.05) is 6.61 Å². The summed E-state index contributed by atoms with van der Waals surface area (Å²) in [7, 11) is 0. The molecule has 10 heavy (non-hydrogen) atoms. The summed E-state index contributed by atoms with van der Waals surface area (Å²) >= 11 is 4.52. The second-order valence-electron chi connectivity index (χ2n) is 2.29. The molecule has 0 radical (unpaired) electrons. The van der Waals surface area contributed by atoms with Crippen LogP contribution in [-0.2, 0) is 4.74 Å². The van der Waals surface area contributed by atoms with Gasteiger partial charge in [0.2, 0.25) is 0 Å². The molecule has 56 valence electrons. The van der Waals surface area contributed by atoms with E-state index in [1.165, 1.54) is 6.15 Å². The summed E-state index contributed by atoms with van der Waals surface area (Å²) in [6.45, 7) is -0.125. The molecular weight excluding hydrogens is 154 g/mol.